The number of aryl methyl sites for hydroxylation is 2. The lowest BCUT2D eigenvalue weighted by Gasteiger charge is -2.27. The van der Waals surface area contributed by atoms with Crippen molar-refractivity contribution in [3.05, 3.63) is 58.1 Å². The number of phenols is 1. The van der Waals surface area contributed by atoms with Crippen LogP contribution in [0.2, 0.25) is 0 Å². The number of unbranched alkanes of at least 4 members (excludes halogenated alkanes) is 3. The van der Waals surface area contributed by atoms with Gasteiger partial charge in [-0.3, -0.25) is 4.79 Å². The first-order valence-electron chi connectivity index (χ1n) is 13.2. The summed E-state index contributed by atoms with van der Waals surface area (Å²) >= 11 is 0. The summed E-state index contributed by atoms with van der Waals surface area (Å²) in [5.41, 5.74) is 7.81. The lowest BCUT2D eigenvalue weighted by atomic mass is 9.85. The van der Waals surface area contributed by atoms with E-state index in [2.05, 4.69) is 50.9 Å². The molecule has 0 fully saturated rings. The molecule has 0 aromatic heterocycles. The third-order valence-corrected chi connectivity index (χ3v) is 7.34. The maximum Gasteiger partial charge on any atom is 0.255 e. The molecule has 0 radical (unpaired) electrons. The number of carbonyl (C=O) groups is 1. The van der Waals surface area contributed by atoms with Gasteiger partial charge in [-0.05, 0) is 85.8 Å². The zero-order chi connectivity index (χ0) is 24.7. The molecule has 0 bridgehead atoms. The number of nitrogens with one attached hydrogen (secondary N) is 1. The highest BCUT2D eigenvalue weighted by molar-refractivity contribution is 5.96. The van der Waals surface area contributed by atoms with Crippen molar-refractivity contribution in [3.63, 3.8) is 0 Å². The monoisotopic (exact) mass is 464 g/mol. The zero-order valence-electron chi connectivity index (χ0n) is 22.0. The van der Waals surface area contributed by atoms with Crippen molar-refractivity contribution >= 4 is 11.6 Å². The van der Waals surface area contributed by atoms with Crippen LogP contribution in [0.25, 0.3) is 0 Å². The van der Waals surface area contributed by atoms with Crippen LogP contribution in [-0.2, 0) is 12.8 Å². The minimum absolute atomic E-state index is 0.0122. The number of para-hydroxylation sites is 1. The lowest BCUT2D eigenvalue weighted by Crippen LogP contribution is -2.34. The molecule has 1 heterocycles. The fourth-order valence-electron chi connectivity index (χ4n) is 5.29. The van der Waals surface area contributed by atoms with E-state index in [1.165, 1.54) is 61.0 Å². The molecule has 0 atom stereocenters. The second-order valence-electron chi connectivity index (χ2n) is 10.8. The van der Waals surface area contributed by atoms with Gasteiger partial charge in [0.2, 0.25) is 0 Å². The molecule has 2 aromatic carbocycles. The van der Waals surface area contributed by atoms with Crippen molar-refractivity contribution in [1.29, 1.82) is 0 Å². The van der Waals surface area contributed by atoms with Gasteiger partial charge in [0, 0.05) is 25.3 Å². The number of anilines is 1. The number of hydrogen-bond donors (Lipinski definition) is 2. The molecule has 0 aliphatic carbocycles. The first-order valence-corrected chi connectivity index (χ1v) is 13.2. The molecule has 3 rings (SSSR count). The smallest absolute Gasteiger partial charge is 0.255 e. The first-order chi connectivity index (χ1) is 16.2. The topological polar surface area (TPSA) is 52.6 Å². The Kier molecular flexibility index (Phi) is 9.04. The summed E-state index contributed by atoms with van der Waals surface area (Å²) < 4.78 is 0. The molecule has 34 heavy (non-hydrogen) atoms. The highest BCUT2D eigenvalue weighted by Crippen LogP contribution is 2.38. The quantitative estimate of drug-likeness (QED) is 0.342. The Hall–Kier alpha value is -2.49. The van der Waals surface area contributed by atoms with Gasteiger partial charge < -0.3 is 15.3 Å². The van der Waals surface area contributed by atoms with Gasteiger partial charge in [0.05, 0.1) is 5.56 Å². The molecule has 0 saturated heterocycles. The van der Waals surface area contributed by atoms with Crippen molar-refractivity contribution in [2.24, 2.45) is 5.41 Å². The van der Waals surface area contributed by atoms with Crippen LogP contribution in [0.5, 0.6) is 5.75 Å². The number of phenolic OH excluding ortho intramolecular Hbond substituents is 1. The fourth-order valence-corrected chi connectivity index (χ4v) is 5.29. The van der Waals surface area contributed by atoms with Gasteiger partial charge in [-0.1, -0.05) is 58.2 Å². The van der Waals surface area contributed by atoms with Gasteiger partial charge in [-0.15, -0.1) is 0 Å². The molecule has 2 aromatic rings. The summed E-state index contributed by atoms with van der Waals surface area (Å²) in [7, 11) is 0. The standard InChI is InChI=1S/C30H44N2O2/c1-6-7-8-11-18-32-19-16-25-23(3)20-22(2)24(28(25)32)14-12-17-30(4,5)21-31-29(34)26-13-9-10-15-27(26)33/h9-10,13,15,20,33H,6-8,11-12,14,16-19,21H2,1-5H3,(H,31,34). The van der Waals surface area contributed by atoms with Crippen molar-refractivity contribution in [2.45, 2.75) is 86.0 Å². The largest absolute Gasteiger partial charge is 0.507 e. The Morgan fingerprint density at radius 3 is 2.59 bits per heavy atom. The van der Waals surface area contributed by atoms with E-state index in [1.54, 1.807) is 29.8 Å². The number of fused-ring (bicyclic) bond motifs is 1. The van der Waals surface area contributed by atoms with Crippen LogP contribution in [0.4, 0.5) is 5.69 Å². The van der Waals surface area contributed by atoms with E-state index in [0.29, 0.717) is 12.1 Å². The molecule has 186 valence electrons. The van der Waals surface area contributed by atoms with Crippen LogP contribution in [-0.4, -0.2) is 30.6 Å². The summed E-state index contributed by atoms with van der Waals surface area (Å²) in [5, 5.41) is 13.0. The Balaban J connectivity index is 1.60. The Bertz CT molecular complexity index is 980. The number of amides is 1. The second-order valence-corrected chi connectivity index (χ2v) is 10.8. The maximum atomic E-state index is 12.5. The summed E-state index contributed by atoms with van der Waals surface area (Å²) in [6, 6.07) is 9.09. The molecule has 1 aliphatic heterocycles. The van der Waals surface area contributed by atoms with Crippen LogP contribution in [0.15, 0.2) is 30.3 Å². The predicted molar refractivity (Wildman–Crippen MR) is 143 cm³/mol. The third-order valence-electron chi connectivity index (χ3n) is 7.34. The number of hydrogen-bond acceptors (Lipinski definition) is 3. The number of carbonyl (C=O) groups excluding carboxylic acids is 1. The van der Waals surface area contributed by atoms with Crippen LogP contribution >= 0.6 is 0 Å². The average Bonchev–Trinajstić information content (AvgIpc) is 3.22. The highest BCUT2D eigenvalue weighted by atomic mass is 16.3. The van der Waals surface area contributed by atoms with Crippen LogP contribution in [0, 0.1) is 19.3 Å². The van der Waals surface area contributed by atoms with Gasteiger partial charge in [0.25, 0.3) is 5.91 Å². The minimum atomic E-state index is -0.211. The van der Waals surface area contributed by atoms with Gasteiger partial charge in [-0.25, -0.2) is 0 Å². The average molecular weight is 465 g/mol. The van der Waals surface area contributed by atoms with Gasteiger partial charge in [-0.2, -0.15) is 0 Å². The van der Waals surface area contributed by atoms with E-state index in [1.807, 2.05) is 0 Å². The second kappa shape index (κ2) is 11.8. The van der Waals surface area contributed by atoms with E-state index in [9.17, 15) is 9.90 Å². The molecule has 4 heteroatoms. The Morgan fingerprint density at radius 2 is 1.85 bits per heavy atom. The summed E-state index contributed by atoms with van der Waals surface area (Å²) in [6.07, 6.45) is 9.60. The molecule has 1 amide bonds. The molecule has 0 unspecified atom stereocenters. The molecular formula is C30H44N2O2. The van der Waals surface area contributed by atoms with E-state index < -0.39 is 0 Å². The molecule has 4 nitrogen and oxygen atoms in total. The molecule has 1 aliphatic rings. The van der Waals surface area contributed by atoms with Gasteiger partial charge >= 0.3 is 0 Å². The fraction of sp³-hybridized carbons (Fsp3) is 0.567. The Labute approximate surface area is 206 Å². The Morgan fingerprint density at radius 1 is 1.09 bits per heavy atom. The van der Waals surface area contributed by atoms with Crippen molar-refractivity contribution < 1.29 is 9.90 Å². The zero-order valence-corrected chi connectivity index (χ0v) is 22.0. The normalized spacial score (nSPS) is 13.3. The summed E-state index contributed by atoms with van der Waals surface area (Å²) in [5.74, 6) is -0.183. The van der Waals surface area contributed by atoms with Crippen molar-refractivity contribution in [3.8, 4) is 5.75 Å². The molecule has 2 N–H and O–H groups in total. The van der Waals surface area contributed by atoms with E-state index >= 15 is 0 Å². The van der Waals surface area contributed by atoms with Crippen molar-refractivity contribution in [2.75, 3.05) is 24.5 Å². The third kappa shape index (κ3) is 6.55. The first kappa shape index (κ1) is 26.1. The number of rotatable bonds is 12. The molecule has 0 saturated carbocycles. The maximum absolute atomic E-state index is 12.5. The molecule has 0 spiro atoms. The summed E-state index contributed by atoms with van der Waals surface area (Å²) in [6.45, 7) is 14.2. The van der Waals surface area contributed by atoms with Gasteiger partial charge in [0.15, 0.2) is 0 Å². The van der Waals surface area contributed by atoms with Crippen LogP contribution < -0.4 is 10.2 Å². The highest BCUT2D eigenvalue weighted by Gasteiger charge is 2.26. The summed E-state index contributed by atoms with van der Waals surface area (Å²) in [4.78, 5) is 15.1. The SMILES string of the molecule is CCCCCCN1CCc2c(C)cc(C)c(CCCC(C)(C)CNC(=O)c3ccccc3O)c21. The number of benzene rings is 2. The number of aromatic hydroxyl groups is 1. The van der Waals surface area contributed by atoms with E-state index in [-0.39, 0.29) is 17.1 Å². The van der Waals surface area contributed by atoms with E-state index in [4.69, 9.17) is 0 Å². The molecular weight excluding hydrogens is 420 g/mol. The minimum Gasteiger partial charge on any atom is -0.507 e. The predicted octanol–water partition coefficient (Wildman–Crippen LogP) is 6.73. The van der Waals surface area contributed by atoms with Crippen LogP contribution in [0.3, 0.4) is 0 Å². The number of nitrogens with zero attached hydrogens (tertiary/aromatic N) is 1. The van der Waals surface area contributed by atoms with E-state index in [0.717, 1.165) is 25.8 Å². The lowest BCUT2D eigenvalue weighted by molar-refractivity contribution is 0.0931. The van der Waals surface area contributed by atoms with Gasteiger partial charge in [0.1, 0.15) is 5.75 Å². The van der Waals surface area contributed by atoms with Crippen molar-refractivity contribution in [1.82, 2.24) is 5.32 Å². The van der Waals surface area contributed by atoms with Crippen LogP contribution in [0.1, 0.15) is 91.9 Å².